The molecule has 0 unspecified atom stereocenters. The van der Waals surface area contributed by atoms with E-state index in [0.29, 0.717) is 16.4 Å². The van der Waals surface area contributed by atoms with Gasteiger partial charge >= 0.3 is 5.97 Å². The van der Waals surface area contributed by atoms with Crippen LogP contribution in [0.15, 0.2) is 66.0 Å². The molecule has 0 atom stereocenters. The number of esters is 1. The summed E-state index contributed by atoms with van der Waals surface area (Å²) in [6.45, 7) is 5.49. The van der Waals surface area contributed by atoms with Crippen molar-refractivity contribution in [2.75, 3.05) is 5.32 Å². The van der Waals surface area contributed by atoms with Gasteiger partial charge in [0.2, 0.25) is 5.88 Å². The highest BCUT2D eigenvalue weighted by atomic mass is 32.1. The Bertz CT molecular complexity index is 1260. The van der Waals surface area contributed by atoms with Crippen LogP contribution in [0.5, 0.6) is 5.88 Å². The van der Waals surface area contributed by atoms with E-state index in [-0.39, 0.29) is 5.91 Å². The molecule has 0 aliphatic heterocycles. The van der Waals surface area contributed by atoms with Gasteiger partial charge in [0.15, 0.2) is 0 Å². The van der Waals surface area contributed by atoms with Crippen LogP contribution in [0.1, 0.15) is 41.2 Å². The number of nitrogens with one attached hydrogen (secondary N) is 1. The molecule has 0 spiro atoms. The van der Waals surface area contributed by atoms with Gasteiger partial charge in [-0.1, -0.05) is 49.2 Å². The summed E-state index contributed by atoms with van der Waals surface area (Å²) < 4.78 is 7.37. The first-order valence-corrected chi connectivity index (χ1v) is 11.7. The Morgan fingerprint density at radius 2 is 1.79 bits per heavy atom. The number of aromatic nitrogens is 2. The first-order chi connectivity index (χ1) is 16.0. The van der Waals surface area contributed by atoms with E-state index in [1.807, 2.05) is 66.9 Å². The van der Waals surface area contributed by atoms with Gasteiger partial charge in [-0.05, 0) is 54.6 Å². The van der Waals surface area contributed by atoms with Crippen LogP contribution < -0.4 is 10.1 Å². The van der Waals surface area contributed by atoms with E-state index in [0.717, 1.165) is 40.9 Å². The van der Waals surface area contributed by atoms with Crippen molar-refractivity contribution in [2.24, 2.45) is 0 Å². The molecule has 2 aromatic carbocycles. The van der Waals surface area contributed by atoms with Crippen molar-refractivity contribution in [1.82, 2.24) is 9.78 Å². The molecule has 1 amide bonds. The summed E-state index contributed by atoms with van der Waals surface area (Å²) in [7, 11) is 0. The summed E-state index contributed by atoms with van der Waals surface area (Å²) in [5.41, 5.74) is 5.14. The summed E-state index contributed by atoms with van der Waals surface area (Å²) in [6.07, 6.45) is 1.63. The summed E-state index contributed by atoms with van der Waals surface area (Å²) in [5, 5.41) is 9.59. The molecule has 7 heteroatoms. The van der Waals surface area contributed by atoms with Crippen molar-refractivity contribution in [3.63, 3.8) is 0 Å². The van der Waals surface area contributed by atoms with Crippen molar-refractivity contribution in [3.8, 4) is 22.7 Å². The molecule has 168 valence electrons. The molecule has 2 aromatic heterocycles. The van der Waals surface area contributed by atoms with Crippen LogP contribution >= 0.6 is 11.3 Å². The number of aryl methyl sites for hydroxylation is 2. The smallest absolute Gasteiger partial charge is 0.309 e. The highest BCUT2D eigenvalue weighted by Gasteiger charge is 2.23. The van der Waals surface area contributed by atoms with Crippen LogP contribution in [-0.4, -0.2) is 21.7 Å². The third-order valence-electron chi connectivity index (χ3n) is 5.10. The van der Waals surface area contributed by atoms with Gasteiger partial charge in [0.1, 0.15) is 0 Å². The molecule has 0 aliphatic rings. The summed E-state index contributed by atoms with van der Waals surface area (Å²) in [6, 6.07) is 19.1. The lowest BCUT2D eigenvalue weighted by Gasteiger charge is -2.10. The molecule has 4 rings (SSSR count). The van der Waals surface area contributed by atoms with Gasteiger partial charge in [-0.25, -0.2) is 0 Å². The number of carbonyl (C=O) groups is 2. The maximum Gasteiger partial charge on any atom is 0.309 e. The van der Waals surface area contributed by atoms with Crippen molar-refractivity contribution >= 4 is 28.9 Å². The zero-order chi connectivity index (χ0) is 23.4. The molecule has 0 aliphatic carbocycles. The topological polar surface area (TPSA) is 73.2 Å². The number of hydrogen-bond acceptors (Lipinski definition) is 5. The van der Waals surface area contributed by atoms with Crippen LogP contribution in [0.4, 0.5) is 5.69 Å². The average molecular weight is 460 g/mol. The zero-order valence-corrected chi connectivity index (χ0v) is 19.6. The van der Waals surface area contributed by atoms with Crippen molar-refractivity contribution in [3.05, 3.63) is 82.2 Å². The number of hydrogen-bond donors (Lipinski definition) is 1. The fourth-order valence-corrected chi connectivity index (χ4v) is 4.18. The number of carbonyl (C=O) groups excluding carboxylic acids is 2. The average Bonchev–Trinajstić information content (AvgIpc) is 3.44. The maximum absolute atomic E-state index is 12.4. The van der Waals surface area contributed by atoms with Gasteiger partial charge in [0, 0.05) is 12.6 Å². The molecule has 1 N–H and O–H groups in total. The van der Waals surface area contributed by atoms with E-state index in [4.69, 9.17) is 9.84 Å². The van der Waals surface area contributed by atoms with E-state index >= 15 is 0 Å². The van der Waals surface area contributed by atoms with Gasteiger partial charge < -0.3 is 10.1 Å². The van der Waals surface area contributed by atoms with Crippen LogP contribution in [-0.2, 0) is 11.2 Å². The van der Waals surface area contributed by atoms with E-state index in [1.54, 1.807) is 10.7 Å². The lowest BCUT2D eigenvalue weighted by molar-refractivity contribution is -0.132. The van der Waals surface area contributed by atoms with Crippen LogP contribution in [0.2, 0.25) is 0 Å². The van der Waals surface area contributed by atoms with Gasteiger partial charge in [-0.3, -0.25) is 9.59 Å². The van der Waals surface area contributed by atoms with E-state index in [1.165, 1.54) is 18.3 Å². The largest absolute Gasteiger partial charge is 0.407 e. The maximum atomic E-state index is 12.4. The Labute approximate surface area is 196 Å². The normalized spacial score (nSPS) is 10.8. The second kappa shape index (κ2) is 9.83. The number of benzene rings is 2. The van der Waals surface area contributed by atoms with E-state index in [2.05, 4.69) is 12.2 Å². The van der Waals surface area contributed by atoms with Crippen molar-refractivity contribution in [1.29, 1.82) is 0 Å². The predicted octanol–water partition coefficient (Wildman–Crippen LogP) is 6.04. The molecule has 6 nitrogen and oxygen atoms in total. The number of thiophene rings is 1. The predicted molar refractivity (Wildman–Crippen MR) is 131 cm³/mol. The number of amides is 1. The summed E-state index contributed by atoms with van der Waals surface area (Å²) in [5.74, 6) is -0.158. The first kappa shape index (κ1) is 22.5. The molecule has 2 heterocycles. The van der Waals surface area contributed by atoms with Crippen LogP contribution in [0.25, 0.3) is 16.8 Å². The highest BCUT2D eigenvalue weighted by Crippen LogP contribution is 2.37. The minimum absolute atomic E-state index is 0.141. The Morgan fingerprint density at radius 3 is 2.39 bits per heavy atom. The second-order valence-corrected chi connectivity index (χ2v) is 8.67. The molecule has 0 radical (unpaired) electrons. The van der Waals surface area contributed by atoms with Crippen molar-refractivity contribution in [2.45, 2.75) is 33.6 Å². The molecular formula is C26H25N3O3S. The van der Waals surface area contributed by atoms with E-state index < -0.39 is 5.97 Å². The van der Waals surface area contributed by atoms with Crippen LogP contribution in [0.3, 0.4) is 0 Å². The minimum atomic E-state index is -0.410. The standard InChI is InChI=1S/C26H25N3O3S/c1-4-6-22-24(19-10-12-20(13-11-19)27-25(31)23-7-5-16-33-23)26(32-18(3)30)29(28-22)21-14-8-17(2)9-15-21/h5,7-16H,4,6H2,1-3H3,(H,27,31). The van der Waals surface area contributed by atoms with Gasteiger partial charge in [0.25, 0.3) is 5.91 Å². The number of nitrogens with zero attached hydrogens (tertiary/aromatic N) is 2. The summed E-state index contributed by atoms with van der Waals surface area (Å²) in [4.78, 5) is 25.0. The lowest BCUT2D eigenvalue weighted by atomic mass is 10.0. The highest BCUT2D eigenvalue weighted by molar-refractivity contribution is 7.12. The fourth-order valence-electron chi connectivity index (χ4n) is 3.56. The minimum Gasteiger partial charge on any atom is -0.407 e. The number of ether oxygens (including phenoxy) is 1. The molecule has 33 heavy (non-hydrogen) atoms. The Morgan fingerprint density at radius 1 is 1.06 bits per heavy atom. The monoisotopic (exact) mass is 459 g/mol. The third-order valence-corrected chi connectivity index (χ3v) is 5.97. The Balaban J connectivity index is 1.74. The Hall–Kier alpha value is -3.71. The van der Waals surface area contributed by atoms with Crippen molar-refractivity contribution < 1.29 is 14.3 Å². The first-order valence-electron chi connectivity index (χ1n) is 10.8. The number of rotatable bonds is 7. The molecule has 0 fully saturated rings. The quantitative estimate of drug-likeness (QED) is 0.342. The summed E-state index contributed by atoms with van der Waals surface area (Å²) >= 11 is 1.40. The van der Waals surface area contributed by atoms with E-state index in [9.17, 15) is 9.59 Å². The molecule has 0 saturated carbocycles. The fraction of sp³-hybridized carbons (Fsp3) is 0.192. The second-order valence-electron chi connectivity index (χ2n) is 7.73. The zero-order valence-electron chi connectivity index (χ0n) is 18.8. The Kier molecular flexibility index (Phi) is 6.70. The lowest BCUT2D eigenvalue weighted by Crippen LogP contribution is -2.10. The molecule has 4 aromatic rings. The SMILES string of the molecule is CCCc1nn(-c2ccc(C)cc2)c(OC(C)=O)c1-c1ccc(NC(=O)c2cccs2)cc1. The molecule has 0 bridgehead atoms. The van der Waals surface area contributed by atoms with Gasteiger partial charge in [-0.15, -0.1) is 11.3 Å². The molecule has 0 saturated heterocycles. The van der Waals surface area contributed by atoms with Crippen LogP contribution in [0, 0.1) is 6.92 Å². The third kappa shape index (κ3) is 5.04. The van der Waals surface area contributed by atoms with Gasteiger partial charge in [-0.2, -0.15) is 9.78 Å². The number of anilines is 1. The van der Waals surface area contributed by atoms with Gasteiger partial charge in [0.05, 0.1) is 21.8 Å². The molecular weight excluding hydrogens is 434 g/mol.